The molecule has 0 radical (unpaired) electrons. The van der Waals surface area contributed by atoms with E-state index in [1.165, 1.54) is 22.5 Å². The molecule has 172 valence electrons. The second-order valence-electron chi connectivity index (χ2n) is 7.92. The number of hydrogen-bond acceptors (Lipinski definition) is 5. The van der Waals surface area contributed by atoms with Crippen molar-refractivity contribution in [2.75, 3.05) is 44.2 Å². The highest BCUT2D eigenvalue weighted by atomic mass is 32.2. The first-order valence-electron chi connectivity index (χ1n) is 11.0. The average Bonchev–Trinajstić information content (AvgIpc) is 3.31. The fourth-order valence-electron chi connectivity index (χ4n) is 4.43. The highest BCUT2D eigenvalue weighted by Gasteiger charge is 2.42. The van der Waals surface area contributed by atoms with E-state index in [9.17, 15) is 17.6 Å². The molecule has 2 aliphatic heterocycles. The molecule has 0 spiro atoms. The van der Waals surface area contributed by atoms with Crippen molar-refractivity contribution in [2.24, 2.45) is 0 Å². The summed E-state index contributed by atoms with van der Waals surface area (Å²) in [6.45, 7) is 4.96. The van der Waals surface area contributed by atoms with Crippen molar-refractivity contribution in [2.45, 2.75) is 30.7 Å². The molecule has 1 atom stereocenters. The predicted octanol–water partition coefficient (Wildman–Crippen LogP) is 2.73. The van der Waals surface area contributed by atoms with Crippen LogP contribution in [0.2, 0.25) is 0 Å². The molecule has 1 unspecified atom stereocenters. The molecule has 2 aromatic rings. The summed E-state index contributed by atoms with van der Waals surface area (Å²) in [5.41, 5.74) is 0.992. The van der Waals surface area contributed by atoms with Gasteiger partial charge in [-0.15, -0.1) is 0 Å². The minimum atomic E-state index is -4.08. The number of para-hydroxylation sites is 2. The summed E-state index contributed by atoms with van der Waals surface area (Å²) in [5, 5.41) is 0. The average molecular weight is 462 g/mol. The van der Waals surface area contributed by atoms with E-state index in [0.29, 0.717) is 45.6 Å². The van der Waals surface area contributed by atoms with Gasteiger partial charge < -0.3 is 14.5 Å². The first-order valence-corrected chi connectivity index (χ1v) is 12.4. The normalized spacial score (nSPS) is 19.9. The molecule has 0 saturated carbocycles. The molecule has 2 saturated heterocycles. The van der Waals surface area contributed by atoms with Crippen molar-refractivity contribution in [3.63, 3.8) is 0 Å². The lowest BCUT2D eigenvalue weighted by Gasteiger charge is -2.38. The molecule has 9 heteroatoms. The topological polar surface area (TPSA) is 70.2 Å². The van der Waals surface area contributed by atoms with Crippen LogP contribution in [0.4, 0.5) is 10.1 Å². The molecular formula is C23H28FN3O4S. The van der Waals surface area contributed by atoms with Crippen LogP contribution < -0.4 is 9.64 Å². The molecule has 2 aliphatic rings. The zero-order valence-corrected chi connectivity index (χ0v) is 18.9. The Hall–Kier alpha value is -2.65. The molecule has 0 bridgehead atoms. The number of carbonyl (C=O) groups is 1. The SMILES string of the molecule is CCOc1ccccc1N1CCN(C(=O)C2CCCN2S(=O)(=O)c2ccccc2F)CC1. The van der Waals surface area contributed by atoms with Gasteiger partial charge in [0.1, 0.15) is 22.5 Å². The zero-order valence-electron chi connectivity index (χ0n) is 18.1. The van der Waals surface area contributed by atoms with Gasteiger partial charge in [-0.1, -0.05) is 24.3 Å². The van der Waals surface area contributed by atoms with Crippen molar-refractivity contribution < 1.29 is 22.3 Å². The molecule has 7 nitrogen and oxygen atoms in total. The predicted molar refractivity (Wildman–Crippen MR) is 120 cm³/mol. The monoisotopic (exact) mass is 461 g/mol. The third-order valence-electron chi connectivity index (χ3n) is 6.01. The third-order valence-corrected chi connectivity index (χ3v) is 7.95. The molecule has 0 aliphatic carbocycles. The van der Waals surface area contributed by atoms with E-state index in [-0.39, 0.29) is 17.3 Å². The van der Waals surface area contributed by atoms with E-state index in [2.05, 4.69) is 4.90 Å². The van der Waals surface area contributed by atoms with Crippen molar-refractivity contribution in [1.82, 2.24) is 9.21 Å². The number of sulfonamides is 1. The third kappa shape index (κ3) is 4.31. The van der Waals surface area contributed by atoms with Gasteiger partial charge in [0.05, 0.1) is 12.3 Å². The number of halogens is 1. The van der Waals surface area contributed by atoms with Crippen LogP contribution in [0, 0.1) is 5.82 Å². The van der Waals surface area contributed by atoms with Crippen molar-refractivity contribution in [3.05, 3.63) is 54.3 Å². The summed E-state index contributed by atoms with van der Waals surface area (Å²) in [5.74, 6) is -0.194. The molecule has 4 rings (SSSR count). The van der Waals surface area contributed by atoms with Gasteiger partial charge in [-0.3, -0.25) is 4.79 Å². The van der Waals surface area contributed by atoms with Crippen LogP contribution in [0.15, 0.2) is 53.4 Å². The Morgan fingerprint density at radius 1 is 1.03 bits per heavy atom. The van der Waals surface area contributed by atoms with Gasteiger partial charge in [-0.2, -0.15) is 4.31 Å². The Bertz CT molecular complexity index is 1070. The number of piperazine rings is 1. The van der Waals surface area contributed by atoms with Crippen LogP contribution in [0.3, 0.4) is 0 Å². The standard InChI is InChI=1S/C23H28FN3O4S/c1-2-31-21-11-5-4-9-19(21)25-14-16-26(17-15-25)23(28)20-10-7-13-27(20)32(29,30)22-12-6-3-8-18(22)24/h3-6,8-9,11-12,20H,2,7,10,13-17H2,1H3. The van der Waals surface area contributed by atoms with E-state index < -0.39 is 21.9 Å². The number of nitrogens with zero attached hydrogens (tertiary/aromatic N) is 3. The molecule has 32 heavy (non-hydrogen) atoms. The lowest BCUT2D eigenvalue weighted by molar-refractivity contribution is -0.134. The number of benzene rings is 2. The van der Waals surface area contributed by atoms with Crippen LogP contribution >= 0.6 is 0 Å². The Morgan fingerprint density at radius 3 is 2.44 bits per heavy atom. The maximum Gasteiger partial charge on any atom is 0.246 e. The highest BCUT2D eigenvalue weighted by Crippen LogP contribution is 2.31. The van der Waals surface area contributed by atoms with Gasteiger partial charge in [0, 0.05) is 32.7 Å². The van der Waals surface area contributed by atoms with Gasteiger partial charge in [-0.05, 0) is 44.0 Å². The van der Waals surface area contributed by atoms with Crippen LogP contribution in [-0.2, 0) is 14.8 Å². The second-order valence-corrected chi connectivity index (χ2v) is 9.78. The number of carbonyl (C=O) groups excluding carboxylic acids is 1. The minimum absolute atomic E-state index is 0.208. The fraction of sp³-hybridized carbons (Fsp3) is 0.435. The van der Waals surface area contributed by atoms with Gasteiger partial charge in [-0.25, -0.2) is 12.8 Å². The van der Waals surface area contributed by atoms with Gasteiger partial charge >= 0.3 is 0 Å². The quantitative estimate of drug-likeness (QED) is 0.662. The number of ether oxygens (including phenoxy) is 1. The maximum atomic E-state index is 14.2. The summed E-state index contributed by atoms with van der Waals surface area (Å²) < 4.78 is 47.3. The highest BCUT2D eigenvalue weighted by molar-refractivity contribution is 7.89. The van der Waals surface area contributed by atoms with Gasteiger partial charge in [0.25, 0.3) is 0 Å². The Balaban J connectivity index is 1.46. The van der Waals surface area contributed by atoms with Crippen molar-refractivity contribution in [3.8, 4) is 5.75 Å². The van der Waals surface area contributed by atoms with E-state index >= 15 is 0 Å². The molecule has 2 aromatic carbocycles. The first kappa shape index (κ1) is 22.5. The number of amides is 1. The zero-order chi connectivity index (χ0) is 22.7. The summed E-state index contributed by atoms with van der Waals surface area (Å²) in [4.78, 5) is 16.8. The summed E-state index contributed by atoms with van der Waals surface area (Å²) >= 11 is 0. The first-order chi connectivity index (χ1) is 15.4. The Kier molecular flexibility index (Phi) is 6.66. The number of rotatable bonds is 6. The lowest BCUT2D eigenvalue weighted by Crippen LogP contribution is -2.54. The summed E-state index contributed by atoms with van der Waals surface area (Å²) in [6, 6.07) is 12.3. The van der Waals surface area contributed by atoms with Crippen LogP contribution in [0.1, 0.15) is 19.8 Å². The lowest BCUT2D eigenvalue weighted by atomic mass is 10.1. The summed E-state index contributed by atoms with van der Waals surface area (Å²) in [7, 11) is -4.08. The maximum absolute atomic E-state index is 14.2. The second kappa shape index (κ2) is 9.46. The molecular weight excluding hydrogens is 433 g/mol. The summed E-state index contributed by atoms with van der Waals surface area (Å²) in [6.07, 6.45) is 1.02. The van der Waals surface area contributed by atoms with Gasteiger partial charge in [0.2, 0.25) is 15.9 Å². The van der Waals surface area contributed by atoms with E-state index in [4.69, 9.17) is 4.74 Å². The van der Waals surface area contributed by atoms with E-state index in [1.807, 2.05) is 31.2 Å². The smallest absolute Gasteiger partial charge is 0.246 e. The molecule has 2 heterocycles. The van der Waals surface area contributed by atoms with Crippen molar-refractivity contribution in [1.29, 1.82) is 0 Å². The Labute approximate surface area is 188 Å². The molecule has 0 N–H and O–H groups in total. The van der Waals surface area contributed by atoms with E-state index in [1.54, 1.807) is 4.90 Å². The fourth-order valence-corrected chi connectivity index (χ4v) is 6.15. The van der Waals surface area contributed by atoms with Gasteiger partial charge in [0.15, 0.2) is 0 Å². The molecule has 0 aromatic heterocycles. The molecule has 2 fully saturated rings. The number of anilines is 1. The van der Waals surface area contributed by atoms with E-state index in [0.717, 1.165) is 17.5 Å². The van der Waals surface area contributed by atoms with Crippen molar-refractivity contribution >= 4 is 21.6 Å². The molecule has 1 amide bonds. The van der Waals surface area contributed by atoms with Crippen LogP contribution in [0.5, 0.6) is 5.75 Å². The largest absolute Gasteiger partial charge is 0.492 e. The minimum Gasteiger partial charge on any atom is -0.492 e. The van der Waals surface area contributed by atoms with Crippen LogP contribution in [0.25, 0.3) is 0 Å². The number of hydrogen-bond donors (Lipinski definition) is 0. The van der Waals surface area contributed by atoms with Crippen LogP contribution in [-0.4, -0.2) is 68.9 Å². The Morgan fingerprint density at radius 2 is 1.72 bits per heavy atom.